The second-order valence-electron chi connectivity index (χ2n) is 3.13. The Hall–Kier alpha value is -1.55. The number of hydrogen-bond donors (Lipinski definition) is 0. The lowest BCUT2D eigenvalue weighted by atomic mass is 10.2. The Labute approximate surface area is 101 Å². The number of allylic oxidation sites excluding steroid dienone is 1. The number of halogens is 1. The third-order valence-electron chi connectivity index (χ3n) is 2.14. The zero-order valence-electron chi connectivity index (χ0n) is 8.57. The molecule has 1 aromatic carbocycles. The van der Waals surface area contributed by atoms with Crippen LogP contribution in [0.3, 0.4) is 0 Å². The highest BCUT2D eigenvalue weighted by Gasteiger charge is 2.16. The topological polar surface area (TPSA) is 35.5 Å². The van der Waals surface area contributed by atoms with Crippen molar-refractivity contribution in [3.05, 3.63) is 47.7 Å². The summed E-state index contributed by atoms with van der Waals surface area (Å²) in [5.41, 5.74) is 0.847. The van der Waals surface area contributed by atoms with Crippen molar-refractivity contribution >= 4 is 26.4 Å². The molecule has 0 N–H and O–H groups in total. The van der Waals surface area contributed by atoms with Crippen LogP contribution in [0.15, 0.2) is 42.2 Å². The van der Waals surface area contributed by atoms with E-state index >= 15 is 0 Å². The number of para-hydroxylation sites is 1. The molecule has 0 atom stereocenters. The number of hydrogen-bond acceptors (Lipinski definition) is 3. The Balaban J connectivity index is 2.45. The van der Waals surface area contributed by atoms with Crippen LogP contribution in [0, 0.1) is 0 Å². The minimum absolute atomic E-state index is 0.359. The number of rotatable bonds is 2. The van der Waals surface area contributed by atoms with Gasteiger partial charge in [0.05, 0.1) is 11.6 Å². The molecular formula is C12H9BrO3. The Kier molecular flexibility index (Phi) is 3.10. The van der Waals surface area contributed by atoms with Crippen LogP contribution in [-0.4, -0.2) is 13.1 Å². The van der Waals surface area contributed by atoms with Gasteiger partial charge in [-0.1, -0.05) is 12.1 Å². The van der Waals surface area contributed by atoms with Crippen molar-refractivity contribution in [2.24, 2.45) is 0 Å². The van der Waals surface area contributed by atoms with E-state index in [2.05, 4.69) is 15.9 Å². The van der Waals surface area contributed by atoms with Crippen molar-refractivity contribution in [3.8, 4) is 5.75 Å². The number of ether oxygens (including phenoxy) is 2. The Morgan fingerprint density at radius 1 is 1.31 bits per heavy atom. The van der Waals surface area contributed by atoms with E-state index in [-0.39, 0.29) is 5.97 Å². The van der Waals surface area contributed by atoms with Gasteiger partial charge in [-0.15, -0.1) is 0 Å². The molecule has 1 aliphatic rings. The SMILES string of the molecule is COc1ccccc1/C(Br)=C1\C=CC(=O)O1. The summed E-state index contributed by atoms with van der Waals surface area (Å²) in [6.07, 6.45) is 3.00. The number of esters is 1. The van der Waals surface area contributed by atoms with Crippen molar-refractivity contribution in [3.63, 3.8) is 0 Å². The highest BCUT2D eigenvalue weighted by atomic mass is 79.9. The van der Waals surface area contributed by atoms with Crippen molar-refractivity contribution in [1.29, 1.82) is 0 Å². The zero-order valence-corrected chi connectivity index (χ0v) is 10.2. The predicted molar refractivity (Wildman–Crippen MR) is 64.1 cm³/mol. The Bertz CT molecular complexity index is 489. The molecule has 0 saturated heterocycles. The molecule has 0 bridgehead atoms. The molecule has 0 amide bonds. The van der Waals surface area contributed by atoms with Gasteiger partial charge in [0.15, 0.2) is 0 Å². The first-order valence-corrected chi connectivity index (χ1v) is 5.44. The van der Waals surface area contributed by atoms with E-state index in [9.17, 15) is 4.79 Å². The molecule has 0 fully saturated rings. The third-order valence-corrected chi connectivity index (χ3v) is 2.96. The first-order valence-electron chi connectivity index (χ1n) is 4.65. The largest absolute Gasteiger partial charge is 0.496 e. The summed E-state index contributed by atoms with van der Waals surface area (Å²) in [6, 6.07) is 7.50. The molecule has 16 heavy (non-hydrogen) atoms. The van der Waals surface area contributed by atoms with Gasteiger partial charge >= 0.3 is 5.97 Å². The lowest BCUT2D eigenvalue weighted by molar-refractivity contribution is -0.132. The predicted octanol–water partition coefficient (Wildman–Crippen LogP) is 2.87. The van der Waals surface area contributed by atoms with Gasteiger partial charge in [-0.3, -0.25) is 0 Å². The fourth-order valence-corrected chi connectivity index (χ4v) is 1.94. The van der Waals surface area contributed by atoms with Gasteiger partial charge in [0.2, 0.25) is 0 Å². The zero-order chi connectivity index (χ0) is 11.5. The van der Waals surface area contributed by atoms with Crippen LogP contribution < -0.4 is 4.74 Å². The summed E-state index contributed by atoms with van der Waals surface area (Å²) in [7, 11) is 1.60. The number of carbonyl (C=O) groups excluding carboxylic acids is 1. The standard InChI is InChI=1S/C12H9BrO3/c1-15-9-5-3-2-4-8(9)12(13)10-6-7-11(14)16-10/h2-7H,1H3/b12-10-. The van der Waals surface area contributed by atoms with Crippen LogP contribution >= 0.6 is 15.9 Å². The van der Waals surface area contributed by atoms with Gasteiger partial charge in [-0.05, 0) is 34.1 Å². The maximum Gasteiger partial charge on any atom is 0.336 e. The van der Waals surface area contributed by atoms with Crippen LogP contribution in [0.4, 0.5) is 0 Å². The summed E-state index contributed by atoms with van der Waals surface area (Å²) in [5.74, 6) is 0.856. The summed E-state index contributed by atoms with van der Waals surface area (Å²) in [4.78, 5) is 10.9. The molecular weight excluding hydrogens is 272 g/mol. The van der Waals surface area contributed by atoms with E-state index in [1.165, 1.54) is 6.08 Å². The first kappa shape index (κ1) is 11.0. The van der Waals surface area contributed by atoms with Crippen molar-refractivity contribution < 1.29 is 14.3 Å². The van der Waals surface area contributed by atoms with Crippen molar-refractivity contribution in [1.82, 2.24) is 0 Å². The Morgan fingerprint density at radius 2 is 2.06 bits per heavy atom. The van der Waals surface area contributed by atoms with Crippen molar-refractivity contribution in [2.45, 2.75) is 0 Å². The maximum atomic E-state index is 10.9. The molecule has 1 aliphatic heterocycles. The highest BCUT2D eigenvalue weighted by molar-refractivity contribution is 9.15. The average molecular weight is 281 g/mol. The molecule has 0 aliphatic carbocycles. The van der Waals surface area contributed by atoms with Gasteiger partial charge in [0.25, 0.3) is 0 Å². The minimum Gasteiger partial charge on any atom is -0.496 e. The second kappa shape index (κ2) is 4.53. The summed E-state index contributed by atoms with van der Waals surface area (Å²) >= 11 is 3.40. The monoisotopic (exact) mass is 280 g/mol. The van der Waals surface area contributed by atoms with Crippen LogP contribution in [0.25, 0.3) is 4.48 Å². The molecule has 2 rings (SSSR count). The highest BCUT2D eigenvalue weighted by Crippen LogP contribution is 2.34. The summed E-state index contributed by atoms with van der Waals surface area (Å²) in [6.45, 7) is 0. The van der Waals surface area contributed by atoms with E-state index in [0.29, 0.717) is 10.2 Å². The van der Waals surface area contributed by atoms with Crippen molar-refractivity contribution in [2.75, 3.05) is 7.11 Å². The quantitative estimate of drug-likeness (QED) is 0.782. The van der Waals surface area contributed by atoms with Gasteiger partial charge in [-0.25, -0.2) is 4.79 Å². The van der Waals surface area contributed by atoms with Crippen LogP contribution in [0.5, 0.6) is 5.75 Å². The van der Waals surface area contributed by atoms with Gasteiger partial charge in [0.1, 0.15) is 11.5 Å². The summed E-state index contributed by atoms with van der Waals surface area (Å²) in [5, 5.41) is 0. The molecule has 0 spiro atoms. The molecule has 82 valence electrons. The number of carbonyl (C=O) groups is 1. The number of benzene rings is 1. The number of methoxy groups -OCH3 is 1. The smallest absolute Gasteiger partial charge is 0.336 e. The fraction of sp³-hybridized carbons (Fsp3) is 0.0833. The third kappa shape index (κ3) is 2.02. The molecule has 0 saturated carbocycles. The summed E-state index contributed by atoms with van der Waals surface area (Å²) < 4.78 is 10.9. The first-order chi connectivity index (χ1) is 7.72. The van der Waals surface area contributed by atoms with Gasteiger partial charge in [-0.2, -0.15) is 0 Å². The van der Waals surface area contributed by atoms with Gasteiger partial charge < -0.3 is 9.47 Å². The maximum absolute atomic E-state index is 10.9. The minimum atomic E-state index is -0.359. The van der Waals surface area contributed by atoms with Gasteiger partial charge in [0, 0.05) is 11.6 Å². The molecule has 1 aromatic rings. The van der Waals surface area contributed by atoms with E-state index in [0.717, 1.165) is 11.3 Å². The van der Waals surface area contributed by atoms with E-state index in [4.69, 9.17) is 9.47 Å². The van der Waals surface area contributed by atoms with E-state index in [1.54, 1.807) is 13.2 Å². The lowest BCUT2D eigenvalue weighted by Gasteiger charge is -2.08. The average Bonchev–Trinajstić information content (AvgIpc) is 2.75. The van der Waals surface area contributed by atoms with Crippen LogP contribution in [0.2, 0.25) is 0 Å². The Morgan fingerprint density at radius 3 is 2.69 bits per heavy atom. The second-order valence-corrected chi connectivity index (χ2v) is 3.93. The molecule has 4 heteroatoms. The normalized spacial score (nSPS) is 17.2. The molecule has 3 nitrogen and oxygen atoms in total. The van der Waals surface area contributed by atoms with Crippen LogP contribution in [0.1, 0.15) is 5.56 Å². The molecule has 0 aromatic heterocycles. The molecule has 0 radical (unpaired) electrons. The molecule has 1 heterocycles. The van der Waals surface area contributed by atoms with E-state index in [1.807, 2.05) is 24.3 Å². The number of cyclic esters (lactones) is 1. The van der Waals surface area contributed by atoms with E-state index < -0.39 is 0 Å². The fourth-order valence-electron chi connectivity index (χ4n) is 1.40. The lowest BCUT2D eigenvalue weighted by Crippen LogP contribution is -1.94. The van der Waals surface area contributed by atoms with Crippen LogP contribution in [-0.2, 0) is 9.53 Å². The molecule has 0 unspecified atom stereocenters.